The molecule has 2 rings (SSSR count). The zero-order chi connectivity index (χ0) is 14.9. The average molecular weight is 276 g/mol. The lowest BCUT2D eigenvalue weighted by Gasteiger charge is -2.10. The van der Waals surface area contributed by atoms with Crippen molar-refractivity contribution >= 4 is 5.97 Å². The van der Waals surface area contributed by atoms with Crippen molar-refractivity contribution in [1.29, 1.82) is 0 Å². The van der Waals surface area contributed by atoms with Gasteiger partial charge < -0.3 is 14.6 Å². The van der Waals surface area contributed by atoms with Gasteiger partial charge in [-0.2, -0.15) is 5.10 Å². The molecule has 0 saturated carbocycles. The van der Waals surface area contributed by atoms with Gasteiger partial charge in [0.15, 0.2) is 11.5 Å². The van der Waals surface area contributed by atoms with E-state index in [9.17, 15) is 9.90 Å². The van der Waals surface area contributed by atoms with Crippen LogP contribution in [0.3, 0.4) is 0 Å². The van der Waals surface area contributed by atoms with E-state index < -0.39 is 5.97 Å². The van der Waals surface area contributed by atoms with E-state index in [1.165, 1.54) is 7.11 Å². The predicted molar refractivity (Wildman–Crippen MR) is 73.4 cm³/mol. The van der Waals surface area contributed by atoms with Gasteiger partial charge in [-0.25, -0.2) is 4.79 Å². The van der Waals surface area contributed by atoms with Crippen LogP contribution in [0.15, 0.2) is 18.2 Å². The molecule has 0 atom stereocenters. The Bertz CT molecular complexity index is 661. The number of hydrogen-bond acceptors (Lipinski definition) is 4. The summed E-state index contributed by atoms with van der Waals surface area (Å²) in [6, 6.07) is 5.26. The molecule has 0 aliphatic carbocycles. The Morgan fingerprint density at radius 2 is 1.90 bits per heavy atom. The molecule has 1 aromatic heterocycles. The fraction of sp³-hybridized carbons (Fsp3) is 0.286. The zero-order valence-electron chi connectivity index (χ0n) is 11.8. The molecule has 1 heterocycles. The number of aromatic nitrogens is 2. The first-order valence-electron chi connectivity index (χ1n) is 5.98. The molecule has 0 bridgehead atoms. The van der Waals surface area contributed by atoms with E-state index in [0.717, 1.165) is 0 Å². The van der Waals surface area contributed by atoms with E-state index in [1.54, 1.807) is 44.0 Å². The largest absolute Gasteiger partial charge is 0.493 e. The van der Waals surface area contributed by atoms with Crippen molar-refractivity contribution in [2.24, 2.45) is 7.05 Å². The van der Waals surface area contributed by atoms with Crippen LogP contribution in [0.4, 0.5) is 0 Å². The molecule has 0 spiro atoms. The quantitative estimate of drug-likeness (QED) is 0.925. The number of methoxy groups -OCH3 is 2. The number of aromatic carboxylic acids is 1. The number of ether oxygens (including phenoxy) is 2. The molecular weight excluding hydrogens is 260 g/mol. The summed E-state index contributed by atoms with van der Waals surface area (Å²) in [6.07, 6.45) is 0. The van der Waals surface area contributed by atoms with E-state index in [0.29, 0.717) is 28.5 Å². The Labute approximate surface area is 116 Å². The van der Waals surface area contributed by atoms with Gasteiger partial charge in [0.1, 0.15) is 5.56 Å². The van der Waals surface area contributed by atoms with Crippen LogP contribution in [0, 0.1) is 6.92 Å². The van der Waals surface area contributed by atoms with Gasteiger partial charge in [0.05, 0.1) is 25.6 Å². The first-order chi connectivity index (χ1) is 9.49. The molecule has 0 unspecified atom stereocenters. The summed E-state index contributed by atoms with van der Waals surface area (Å²) in [5, 5.41) is 13.5. The monoisotopic (exact) mass is 276 g/mol. The highest BCUT2D eigenvalue weighted by molar-refractivity contribution is 5.96. The highest BCUT2D eigenvalue weighted by Crippen LogP contribution is 2.34. The van der Waals surface area contributed by atoms with Crippen LogP contribution < -0.4 is 9.47 Å². The minimum atomic E-state index is -1.000. The molecule has 0 aliphatic heterocycles. The minimum Gasteiger partial charge on any atom is -0.493 e. The van der Waals surface area contributed by atoms with Crippen LogP contribution in [0.2, 0.25) is 0 Å². The van der Waals surface area contributed by atoms with Crippen LogP contribution in [0.25, 0.3) is 11.3 Å². The van der Waals surface area contributed by atoms with Gasteiger partial charge >= 0.3 is 5.97 Å². The number of carboxylic acids is 1. The van der Waals surface area contributed by atoms with Gasteiger partial charge in [-0.3, -0.25) is 4.68 Å². The Morgan fingerprint density at radius 3 is 2.45 bits per heavy atom. The Kier molecular flexibility index (Phi) is 3.65. The molecule has 0 radical (unpaired) electrons. The maximum atomic E-state index is 11.4. The lowest BCUT2D eigenvalue weighted by atomic mass is 10.1. The van der Waals surface area contributed by atoms with Gasteiger partial charge in [0, 0.05) is 12.6 Å². The van der Waals surface area contributed by atoms with E-state index in [-0.39, 0.29) is 5.56 Å². The second kappa shape index (κ2) is 5.24. The fourth-order valence-electron chi connectivity index (χ4n) is 2.23. The highest BCUT2D eigenvalue weighted by atomic mass is 16.5. The van der Waals surface area contributed by atoms with Gasteiger partial charge in [-0.15, -0.1) is 0 Å². The number of carboxylic acid groups (broad SMARTS) is 1. The summed E-state index contributed by atoms with van der Waals surface area (Å²) in [6.45, 7) is 1.67. The molecule has 0 aliphatic rings. The molecule has 2 aromatic rings. The minimum absolute atomic E-state index is 0.194. The summed E-state index contributed by atoms with van der Waals surface area (Å²) < 4.78 is 12.0. The summed E-state index contributed by atoms with van der Waals surface area (Å²) in [5.74, 6) is 0.132. The van der Waals surface area contributed by atoms with Gasteiger partial charge in [-0.05, 0) is 25.1 Å². The zero-order valence-corrected chi connectivity index (χ0v) is 11.8. The molecule has 0 saturated heterocycles. The van der Waals surface area contributed by atoms with E-state index in [2.05, 4.69) is 5.10 Å². The third-order valence-corrected chi connectivity index (χ3v) is 3.09. The second-order valence-electron chi connectivity index (χ2n) is 4.31. The van der Waals surface area contributed by atoms with Crippen LogP contribution >= 0.6 is 0 Å². The third kappa shape index (κ3) is 2.20. The smallest absolute Gasteiger partial charge is 0.339 e. The third-order valence-electron chi connectivity index (χ3n) is 3.09. The Hall–Kier alpha value is -2.50. The molecule has 0 amide bonds. The van der Waals surface area contributed by atoms with Crippen molar-refractivity contribution in [1.82, 2.24) is 9.78 Å². The van der Waals surface area contributed by atoms with E-state index >= 15 is 0 Å². The van der Waals surface area contributed by atoms with Crippen LogP contribution in [0.5, 0.6) is 11.5 Å². The van der Waals surface area contributed by atoms with Crippen molar-refractivity contribution in [2.75, 3.05) is 14.2 Å². The number of carbonyl (C=O) groups is 1. The molecule has 1 aromatic carbocycles. The fourth-order valence-corrected chi connectivity index (χ4v) is 2.23. The summed E-state index contributed by atoms with van der Waals surface area (Å²) in [7, 11) is 4.80. The van der Waals surface area contributed by atoms with Gasteiger partial charge in [0.25, 0.3) is 0 Å². The van der Waals surface area contributed by atoms with Crippen molar-refractivity contribution in [2.45, 2.75) is 6.92 Å². The lowest BCUT2D eigenvalue weighted by molar-refractivity contribution is 0.0697. The standard InChI is InChI=1S/C14H16N2O4/c1-8-12(14(17)18)13(16(2)15-8)9-5-6-10(19-3)11(7-9)20-4/h5-7H,1-4H3,(H,17,18). The van der Waals surface area contributed by atoms with Crippen molar-refractivity contribution < 1.29 is 19.4 Å². The number of rotatable bonds is 4. The van der Waals surface area contributed by atoms with E-state index in [4.69, 9.17) is 9.47 Å². The molecule has 6 heteroatoms. The first-order valence-corrected chi connectivity index (χ1v) is 5.98. The number of aryl methyl sites for hydroxylation is 2. The Balaban J connectivity index is 2.66. The number of hydrogen-bond donors (Lipinski definition) is 1. The second-order valence-corrected chi connectivity index (χ2v) is 4.31. The first kappa shape index (κ1) is 13.9. The molecule has 6 nitrogen and oxygen atoms in total. The summed E-state index contributed by atoms with van der Waals surface area (Å²) in [5.41, 5.74) is 1.92. The highest BCUT2D eigenvalue weighted by Gasteiger charge is 2.21. The molecule has 106 valence electrons. The van der Waals surface area contributed by atoms with Crippen molar-refractivity contribution in [3.05, 3.63) is 29.5 Å². The Morgan fingerprint density at radius 1 is 1.25 bits per heavy atom. The average Bonchev–Trinajstić information content (AvgIpc) is 2.72. The molecule has 1 N–H and O–H groups in total. The maximum Gasteiger partial charge on any atom is 0.339 e. The predicted octanol–water partition coefficient (Wildman–Crippen LogP) is 2.11. The molecule has 20 heavy (non-hydrogen) atoms. The number of benzene rings is 1. The normalized spacial score (nSPS) is 10.4. The van der Waals surface area contributed by atoms with E-state index in [1.807, 2.05) is 0 Å². The van der Waals surface area contributed by atoms with Crippen LogP contribution in [-0.4, -0.2) is 35.1 Å². The van der Waals surface area contributed by atoms with Crippen molar-refractivity contribution in [3.8, 4) is 22.8 Å². The lowest BCUT2D eigenvalue weighted by Crippen LogP contribution is -2.02. The number of nitrogens with zero attached hydrogens (tertiary/aromatic N) is 2. The maximum absolute atomic E-state index is 11.4. The topological polar surface area (TPSA) is 73.6 Å². The van der Waals surface area contributed by atoms with Crippen LogP contribution in [0.1, 0.15) is 16.1 Å². The van der Waals surface area contributed by atoms with Gasteiger partial charge in [-0.1, -0.05) is 0 Å². The van der Waals surface area contributed by atoms with Crippen LogP contribution in [-0.2, 0) is 7.05 Å². The molecular formula is C14H16N2O4. The molecule has 0 fully saturated rings. The van der Waals surface area contributed by atoms with Gasteiger partial charge in [0.2, 0.25) is 0 Å². The summed E-state index contributed by atoms with van der Waals surface area (Å²) in [4.78, 5) is 11.4. The van der Waals surface area contributed by atoms with Crippen molar-refractivity contribution in [3.63, 3.8) is 0 Å². The SMILES string of the molecule is COc1ccc(-c2c(C(=O)O)c(C)nn2C)cc1OC. The summed E-state index contributed by atoms with van der Waals surface area (Å²) >= 11 is 0.